The number of nitrogens with zero attached hydrogens (tertiary/aromatic N) is 3. The molecule has 1 unspecified atom stereocenters. The Morgan fingerprint density at radius 2 is 2.39 bits per heavy atom. The van der Waals surface area contributed by atoms with E-state index in [4.69, 9.17) is 4.42 Å². The highest BCUT2D eigenvalue weighted by atomic mass is 16.3. The van der Waals surface area contributed by atoms with Crippen LogP contribution in [0.1, 0.15) is 24.8 Å². The number of hydrogen-bond acceptors (Lipinski definition) is 4. The molecule has 0 aliphatic carbocycles. The minimum atomic E-state index is 0.414. The summed E-state index contributed by atoms with van der Waals surface area (Å²) >= 11 is 0. The highest BCUT2D eigenvalue weighted by Gasteiger charge is 2.11. The molecule has 1 N–H and O–H groups in total. The van der Waals surface area contributed by atoms with Gasteiger partial charge in [0.05, 0.1) is 12.0 Å². The fraction of sp³-hybridized carbons (Fsp3) is 0.538. The van der Waals surface area contributed by atoms with Gasteiger partial charge in [-0.25, -0.2) is 0 Å². The molecular weight excluding hydrogens is 228 g/mol. The molecular formula is C13H20N4O. The second kappa shape index (κ2) is 6.35. The zero-order chi connectivity index (χ0) is 12.8. The van der Waals surface area contributed by atoms with Crippen LogP contribution in [0.25, 0.3) is 0 Å². The van der Waals surface area contributed by atoms with Crippen LogP contribution in [-0.4, -0.2) is 27.6 Å². The van der Waals surface area contributed by atoms with Crippen LogP contribution in [0.15, 0.2) is 29.0 Å². The van der Waals surface area contributed by atoms with Gasteiger partial charge in [0.1, 0.15) is 5.76 Å². The minimum Gasteiger partial charge on any atom is -0.469 e. The van der Waals surface area contributed by atoms with Crippen molar-refractivity contribution in [3.05, 3.63) is 36.0 Å². The molecule has 18 heavy (non-hydrogen) atoms. The second-order valence-corrected chi connectivity index (χ2v) is 4.46. The SMILES string of the molecule is CCNC(CCc1ccco1)Cc1cn(C)nn1. The lowest BCUT2D eigenvalue weighted by Gasteiger charge is -2.15. The predicted molar refractivity (Wildman–Crippen MR) is 69.2 cm³/mol. The molecule has 0 saturated carbocycles. The van der Waals surface area contributed by atoms with Gasteiger partial charge in [-0.15, -0.1) is 5.10 Å². The summed E-state index contributed by atoms with van der Waals surface area (Å²) in [6.45, 7) is 3.08. The summed E-state index contributed by atoms with van der Waals surface area (Å²) < 4.78 is 7.10. The predicted octanol–water partition coefficient (Wildman–Crippen LogP) is 1.56. The normalized spacial score (nSPS) is 12.8. The maximum absolute atomic E-state index is 5.36. The number of hydrogen-bond donors (Lipinski definition) is 1. The molecule has 5 heteroatoms. The van der Waals surface area contributed by atoms with E-state index in [9.17, 15) is 0 Å². The molecule has 0 fully saturated rings. The standard InChI is InChI=1S/C13H20N4O/c1-3-14-11(6-7-13-5-4-8-18-13)9-12-10-17(2)16-15-12/h4-5,8,10-11,14H,3,6-7,9H2,1-2H3. The van der Waals surface area contributed by atoms with E-state index in [2.05, 4.69) is 22.6 Å². The van der Waals surface area contributed by atoms with Crippen molar-refractivity contribution in [2.75, 3.05) is 6.54 Å². The van der Waals surface area contributed by atoms with E-state index in [1.165, 1.54) is 0 Å². The molecule has 0 saturated heterocycles. The van der Waals surface area contributed by atoms with Crippen LogP contribution >= 0.6 is 0 Å². The number of nitrogens with one attached hydrogen (secondary N) is 1. The summed E-state index contributed by atoms with van der Waals surface area (Å²) in [5, 5.41) is 11.6. The topological polar surface area (TPSA) is 55.9 Å². The quantitative estimate of drug-likeness (QED) is 0.808. The van der Waals surface area contributed by atoms with Crippen LogP contribution in [0.4, 0.5) is 0 Å². The molecule has 0 amide bonds. The Morgan fingerprint density at radius 1 is 1.50 bits per heavy atom. The lowest BCUT2D eigenvalue weighted by atomic mass is 10.1. The average Bonchev–Trinajstić information content (AvgIpc) is 2.98. The van der Waals surface area contributed by atoms with Crippen LogP contribution in [0.2, 0.25) is 0 Å². The van der Waals surface area contributed by atoms with Crippen molar-refractivity contribution in [3.63, 3.8) is 0 Å². The van der Waals surface area contributed by atoms with Crippen LogP contribution < -0.4 is 5.32 Å². The molecule has 0 aromatic carbocycles. The number of furan rings is 1. The molecule has 0 radical (unpaired) electrons. The fourth-order valence-electron chi connectivity index (χ4n) is 2.08. The molecule has 0 bridgehead atoms. The van der Waals surface area contributed by atoms with E-state index in [-0.39, 0.29) is 0 Å². The highest BCUT2D eigenvalue weighted by molar-refractivity contribution is 5.00. The molecule has 0 spiro atoms. The van der Waals surface area contributed by atoms with Gasteiger partial charge in [0.15, 0.2) is 0 Å². The van der Waals surface area contributed by atoms with E-state index in [0.29, 0.717) is 6.04 Å². The molecule has 0 aliphatic heterocycles. The summed E-state index contributed by atoms with van der Waals surface area (Å²) in [5.74, 6) is 1.04. The van der Waals surface area contributed by atoms with Gasteiger partial charge in [0, 0.05) is 32.1 Å². The minimum absolute atomic E-state index is 0.414. The first-order chi connectivity index (χ1) is 8.78. The van der Waals surface area contributed by atoms with E-state index in [0.717, 1.165) is 37.3 Å². The zero-order valence-corrected chi connectivity index (χ0v) is 11.0. The monoisotopic (exact) mass is 248 g/mol. The average molecular weight is 248 g/mol. The Balaban J connectivity index is 1.87. The summed E-state index contributed by atoms with van der Waals surface area (Å²) in [5.41, 5.74) is 1.03. The fourth-order valence-corrected chi connectivity index (χ4v) is 2.08. The molecule has 98 valence electrons. The van der Waals surface area contributed by atoms with Crippen molar-refractivity contribution in [2.24, 2.45) is 7.05 Å². The first kappa shape index (κ1) is 12.8. The van der Waals surface area contributed by atoms with Gasteiger partial charge in [0.25, 0.3) is 0 Å². The van der Waals surface area contributed by atoms with Crippen LogP contribution in [0.3, 0.4) is 0 Å². The third-order valence-corrected chi connectivity index (χ3v) is 2.92. The Hall–Kier alpha value is -1.62. The maximum atomic E-state index is 5.36. The van der Waals surface area contributed by atoms with E-state index in [1.807, 2.05) is 25.4 Å². The van der Waals surface area contributed by atoms with Gasteiger partial charge in [-0.05, 0) is 25.1 Å². The molecule has 5 nitrogen and oxygen atoms in total. The van der Waals surface area contributed by atoms with Gasteiger partial charge >= 0.3 is 0 Å². The van der Waals surface area contributed by atoms with E-state index in [1.54, 1.807) is 10.9 Å². The Morgan fingerprint density at radius 3 is 3.00 bits per heavy atom. The third kappa shape index (κ3) is 3.70. The number of likely N-dealkylation sites (N-methyl/N-ethyl adjacent to an activating group) is 1. The van der Waals surface area contributed by atoms with Gasteiger partial charge in [0.2, 0.25) is 0 Å². The maximum Gasteiger partial charge on any atom is 0.103 e. The van der Waals surface area contributed by atoms with Gasteiger partial charge < -0.3 is 9.73 Å². The highest BCUT2D eigenvalue weighted by Crippen LogP contribution is 2.09. The molecule has 2 aromatic heterocycles. The van der Waals surface area contributed by atoms with Gasteiger partial charge in [-0.1, -0.05) is 12.1 Å². The van der Waals surface area contributed by atoms with Crippen molar-refractivity contribution in [1.29, 1.82) is 0 Å². The van der Waals surface area contributed by atoms with Gasteiger partial charge in [-0.3, -0.25) is 4.68 Å². The molecule has 2 aromatic rings. The summed E-state index contributed by atoms with van der Waals surface area (Å²) in [6, 6.07) is 4.36. The van der Waals surface area contributed by atoms with Crippen molar-refractivity contribution >= 4 is 0 Å². The van der Waals surface area contributed by atoms with Crippen molar-refractivity contribution < 1.29 is 4.42 Å². The first-order valence-corrected chi connectivity index (χ1v) is 6.39. The largest absolute Gasteiger partial charge is 0.469 e. The van der Waals surface area contributed by atoms with Gasteiger partial charge in [-0.2, -0.15) is 0 Å². The molecule has 0 aliphatic rings. The Kier molecular flexibility index (Phi) is 4.52. The van der Waals surface area contributed by atoms with Crippen molar-refractivity contribution in [3.8, 4) is 0 Å². The first-order valence-electron chi connectivity index (χ1n) is 6.39. The third-order valence-electron chi connectivity index (χ3n) is 2.92. The number of aromatic nitrogens is 3. The number of rotatable bonds is 7. The van der Waals surface area contributed by atoms with E-state index < -0.39 is 0 Å². The summed E-state index contributed by atoms with van der Waals surface area (Å²) in [6.07, 6.45) is 6.59. The lowest BCUT2D eigenvalue weighted by molar-refractivity contribution is 0.445. The molecule has 2 heterocycles. The van der Waals surface area contributed by atoms with E-state index >= 15 is 0 Å². The van der Waals surface area contributed by atoms with Crippen LogP contribution in [0, 0.1) is 0 Å². The zero-order valence-electron chi connectivity index (χ0n) is 11.0. The van der Waals surface area contributed by atoms with Crippen molar-refractivity contribution in [1.82, 2.24) is 20.3 Å². The Bertz CT molecular complexity index is 449. The van der Waals surface area contributed by atoms with Crippen LogP contribution in [0.5, 0.6) is 0 Å². The summed E-state index contributed by atoms with van der Waals surface area (Å²) in [4.78, 5) is 0. The smallest absolute Gasteiger partial charge is 0.103 e. The lowest BCUT2D eigenvalue weighted by Crippen LogP contribution is -2.31. The second-order valence-electron chi connectivity index (χ2n) is 4.46. The van der Waals surface area contributed by atoms with Crippen molar-refractivity contribution in [2.45, 2.75) is 32.2 Å². The summed E-state index contributed by atoms with van der Waals surface area (Å²) in [7, 11) is 1.89. The van der Waals surface area contributed by atoms with Crippen LogP contribution in [-0.2, 0) is 19.9 Å². The Labute approximate surface area is 107 Å². The molecule has 1 atom stereocenters. The molecule has 2 rings (SSSR count). The number of aryl methyl sites for hydroxylation is 2.